The molecule has 4 rings (SSSR count). The van der Waals surface area contributed by atoms with Gasteiger partial charge in [0.2, 0.25) is 5.91 Å². The van der Waals surface area contributed by atoms with Crippen LogP contribution in [0.15, 0.2) is 28.2 Å². The summed E-state index contributed by atoms with van der Waals surface area (Å²) in [5.74, 6) is -0.764. The van der Waals surface area contributed by atoms with Crippen molar-refractivity contribution in [2.75, 3.05) is 5.32 Å². The van der Waals surface area contributed by atoms with Gasteiger partial charge in [-0.2, -0.15) is 0 Å². The molecule has 0 radical (unpaired) electrons. The Hall–Kier alpha value is -1.90. The minimum absolute atomic E-state index is 0.0291. The van der Waals surface area contributed by atoms with E-state index in [1.807, 2.05) is 6.92 Å². The van der Waals surface area contributed by atoms with E-state index in [1.165, 1.54) is 28.8 Å². The molecule has 158 valence electrons. The molecule has 1 aromatic carbocycles. The molecule has 2 aromatic heterocycles. The van der Waals surface area contributed by atoms with Crippen molar-refractivity contribution < 1.29 is 9.18 Å². The molecule has 1 unspecified atom stereocenters. The molecule has 2 heterocycles. The molecule has 0 saturated carbocycles. The molecule has 1 amide bonds. The van der Waals surface area contributed by atoms with Gasteiger partial charge in [0.15, 0.2) is 5.16 Å². The van der Waals surface area contributed by atoms with E-state index in [0.717, 1.165) is 47.5 Å². The highest BCUT2D eigenvalue weighted by atomic mass is 35.5. The zero-order valence-corrected chi connectivity index (χ0v) is 19.0. The zero-order chi connectivity index (χ0) is 21.4. The zero-order valence-electron chi connectivity index (χ0n) is 16.6. The lowest BCUT2D eigenvalue weighted by molar-refractivity contribution is -0.115. The second-order valence-corrected chi connectivity index (χ2v) is 10.0. The maximum Gasteiger partial charge on any atom is 0.263 e. The topological polar surface area (TPSA) is 64.0 Å². The predicted octanol–water partition coefficient (Wildman–Crippen LogP) is 5.27. The summed E-state index contributed by atoms with van der Waals surface area (Å²) in [6, 6.07) is 3.81. The summed E-state index contributed by atoms with van der Waals surface area (Å²) >= 11 is 8.84. The molecule has 0 bridgehead atoms. The summed E-state index contributed by atoms with van der Waals surface area (Å²) in [6.07, 6.45) is 4.18. The minimum atomic E-state index is -0.525. The Kier molecular flexibility index (Phi) is 6.18. The number of rotatable bonds is 5. The first-order chi connectivity index (χ1) is 14.4. The number of thioether (sulfide) groups is 1. The number of hydrogen-bond donors (Lipinski definition) is 1. The highest BCUT2D eigenvalue weighted by molar-refractivity contribution is 8.00. The maximum atomic E-state index is 13.2. The van der Waals surface area contributed by atoms with Crippen LogP contribution in [0.25, 0.3) is 10.2 Å². The fraction of sp³-hybridized carbons (Fsp3) is 0.381. The van der Waals surface area contributed by atoms with Crippen molar-refractivity contribution in [1.82, 2.24) is 9.55 Å². The molecule has 0 spiro atoms. The number of nitrogens with zero attached hydrogens (tertiary/aromatic N) is 2. The average molecular weight is 466 g/mol. The molecule has 0 aliphatic heterocycles. The molecule has 1 atom stereocenters. The lowest BCUT2D eigenvalue weighted by Gasteiger charge is -2.15. The number of halogens is 2. The first-order valence-corrected chi connectivity index (χ1v) is 11.9. The van der Waals surface area contributed by atoms with Crippen LogP contribution < -0.4 is 10.9 Å². The van der Waals surface area contributed by atoms with E-state index in [-0.39, 0.29) is 16.5 Å². The van der Waals surface area contributed by atoms with Crippen LogP contribution in [0.3, 0.4) is 0 Å². The van der Waals surface area contributed by atoms with Crippen LogP contribution in [0.1, 0.15) is 37.1 Å². The lowest BCUT2D eigenvalue weighted by Crippen LogP contribution is -2.26. The van der Waals surface area contributed by atoms with Crippen LogP contribution in [0.4, 0.5) is 10.1 Å². The van der Waals surface area contributed by atoms with Gasteiger partial charge in [-0.3, -0.25) is 14.2 Å². The number of anilines is 1. The quantitative estimate of drug-likeness (QED) is 0.412. The summed E-state index contributed by atoms with van der Waals surface area (Å²) in [5, 5.41) is 3.60. The van der Waals surface area contributed by atoms with Gasteiger partial charge in [0.1, 0.15) is 10.6 Å². The standard InChI is InChI=1S/C21H21ClFN3O2S2/c1-3-26-20(28)17-13-6-4-5-7-16(13)30-19(17)25-21(26)29-11(2)18(27)24-15-9-8-12(23)10-14(15)22/h8-11H,3-7H2,1-2H3,(H,24,27). The van der Waals surface area contributed by atoms with E-state index in [0.29, 0.717) is 17.4 Å². The molecule has 1 N–H and O–H groups in total. The third-order valence-corrected chi connectivity index (χ3v) is 7.78. The molecule has 0 fully saturated rings. The number of nitrogens with one attached hydrogen (secondary N) is 1. The Morgan fingerprint density at radius 3 is 2.90 bits per heavy atom. The summed E-state index contributed by atoms with van der Waals surface area (Å²) in [6.45, 7) is 4.13. The Morgan fingerprint density at radius 1 is 1.40 bits per heavy atom. The number of fused-ring (bicyclic) bond motifs is 3. The number of hydrogen-bond acceptors (Lipinski definition) is 5. The van der Waals surface area contributed by atoms with E-state index in [4.69, 9.17) is 16.6 Å². The summed E-state index contributed by atoms with van der Waals surface area (Å²) < 4.78 is 14.9. The van der Waals surface area contributed by atoms with Crippen molar-refractivity contribution in [3.8, 4) is 0 Å². The van der Waals surface area contributed by atoms with Gasteiger partial charge in [0, 0.05) is 11.4 Å². The number of carbonyl (C=O) groups excluding carboxylic acids is 1. The van der Waals surface area contributed by atoms with Gasteiger partial charge in [0.05, 0.1) is 21.3 Å². The molecule has 5 nitrogen and oxygen atoms in total. The van der Waals surface area contributed by atoms with E-state index in [1.54, 1.807) is 22.8 Å². The molecule has 1 aliphatic carbocycles. The average Bonchev–Trinajstić information content (AvgIpc) is 3.08. The molecular formula is C21H21ClFN3O2S2. The van der Waals surface area contributed by atoms with Crippen molar-refractivity contribution >= 4 is 56.5 Å². The fourth-order valence-corrected chi connectivity index (χ4v) is 6.12. The Balaban J connectivity index is 1.62. The molecular weight excluding hydrogens is 445 g/mol. The van der Waals surface area contributed by atoms with Crippen LogP contribution in [0.5, 0.6) is 0 Å². The fourth-order valence-electron chi connectivity index (χ4n) is 3.63. The smallest absolute Gasteiger partial charge is 0.263 e. The third kappa shape index (κ3) is 4.00. The number of carbonyl (C=O) groups is 1. The highest BCUT2D eigenvalue weighted by Gasteiger charge is 2.24. The molecule has 0 saturated heterocycles. The monoisotopic (exact) mass is 465 g/mol. The second kappa shape index (κ2) is 8.69. The normalized spacial score (nSPS) is 14.5. The summed E-state index contributed by atoms with van der Waals surface area (Å²) in [5.41, 5.74) is 1.48. The van der Waals surface area contributed by atoms with Gasteiger partial charge < -0.3 is 5.32 Å². The molecule has 9 heteroatoms. The number of amides is 1. The van der Waals surface area contributed by atoms with E-state index in [9.17, 15) is 14.0 Å². The van der Waals surface area contributed by atoms with Gasteiger partial charge in [0.25, 0.3) is 5.56 Å². The number of benzene rings is 1. The first-order valence-electron chi connectivity index (χ1n) is 9.86. The summed E-state index contributed by atoms with van der Waals surface area (Å²) in [7, 11) is 0. The molecule has 30 heavy (non-hydrogen) atoms. The van der Waals surface area contributed by atoms with Crippen LogP contribution in [-0.4, -0.2) is 20.7 Å². The maximum absolute atomic E-state index is 13.2. The number of thiophene rings is 1. The van der Waals surface area contributed by atoms with Crippen molar-refractivity contribution in [3.63, 3.8) is 0 Å². The minimum Gasteiger partial charge on any atom is -0.324 e. The largest absolute Gasteiger partial charge is 0.324 e. The van der Waals surface area contributed by atoms with Crippen LogP contribution in [0, 0.1) is 5.82 Å². The molecule has 1 aliphatic rings. The molecule has 3 aromatic rings. The van der Waals surface area contributed by atoms with Crippen molar-refractivity contribution in [1.29, 1.82) is 0 Å². The van der Waals surface area contributed by atoms with Crippen molar-refractivity contribution in [2.24, 2.45) is 0 Å². The second-order valence-electron chi connectivity index (χ2n) is 7.21. The third-order valence-electron chi connectivity index (χ3n) is 5.20. The van der Waals surface area contributed by atoms with Gasteiger partial charge in [-0.05, 0) is 63.3 Å². The van der Waals surface area contributed by atoms with E-state index >= 15 is 0 Å². The van der Waals surface area contributed by atoms with Gasteiger partial charge in [-0.1, -0.05) is 23.4 Å². The lowest BCUT2D eigenvalue weighted by atomic mass is 9.97. The van der Waals surface area contributed by atoms with E-state index in [2.05, 4.69) is 5.32 Å². The van der Waals surface area contributed by atoms with Crippen molar-refractivity contribution in [2.45, 2.75) is 56.5 Å². The van der Waals surface area contributed by atoms with Crippen LogP contribution >= 0.6 is 34.7 Å². The first kappa shape index (κ1) is 21.3. The predicted molar refractivity (Wildman–Crippen MR) is 122 cm³/mol. The SMILES string of the molecule is CCn1c(SC(C)C(=O)Nc2ccc(F)cc2Cl)nc2sc3c(c2c1=O)CCCC3. The van der Waals surface area contributed by atoms with Gasteiger partial charge in [-0.15, -0.1) is 11.3 Å². The van der Waals surface area contributed by atoms with Crippen LogP contribution in [-0.2, 0) is 24.2 Å². The van der Waals surface area contributed by atoms with E-state index < -0.39 is 11.1 Å². The Labute approximate surface area is 186 Å². The summed E-state index contributed by atoms with van der Waals surface area (Å²) in [4.78, 5) is 32.6. The Bertz CT molecular complexity index is 1190. The van der Waals surface area contributed by atoms with Crippen molar-refractivity contribution in [3.05, 3.63) is 49.8 Å². The number of aromatic nitrogens is 2. The Morgan fingerprint density at radius 2 is 2.17 bits per heavy atom. The highest BCUT2D eigenvalue weighted by Crippen LogP contribution is 2.35. The number of aryl methyl sites for hydroxylation is 2. The van der Waals surface area contributed by atoms with Crippen LogP contribution in [0.2, 0.25) is 5.02 Å². The van der Waals surface area contributed by atoms with Gasteiger partial charge >= 0.3 is 0 Å². The van der Waals surface area contributed by atoms with Gasteiger partial charge in [-0.25, -0.2) is 9.37 Å².